The lowest BCUT2D eigenvalue weighted by molar-refractivity contribution is -0.141. The molecule has 6 nitrogen and oxygen atoms in total. The van der Waals surface area contributed by atoms with Crippen molar-refractivity contribution < 1.29 is 9.90 Å². The first-order valence-corrected chi connectivity index (χ1v) is 10.1. The second-order valence-corrected chi connectivity index (χ2v) is 7.32. The van der Waals surface area contributed by atoms with Gasteiger partial charge in [-0.1, -0.05) is 56.4 Å². The van der Waals surface area contributed by atoms with Crippen LogP contribution in [0, 0.1) is 0 Å². The Morgan fingerprint density at radius 3 is 2.67 bits per heavy atom. The molecule has 0 aliphatic rings. The fraction of sp³-hybridized carbons (Fsp3) is 0.292. The van der Waals surface area contributed by atoms with E-state index in [0.29, 0.717) is 35.4 Å². The largest absolute Gasteiger partial charge is 0.480 e. The summed E-state index contributed by atoms with van der Waals surface area (Å²) in [5, 5.41) is 16.5. The van der Waals surface area contributed by atoms with Crippen molar-refractivity contribution in [1.82, 2.24) is 14.3 Å². The minimum Gasteiger partial charge on any atom is -0.480 e. The van der Waals surface area contributed by atoms with Crippen LogP contribution in [-0.2, 0) is 18.3 Å². The molecule has 30 heavy (non-hydrogen) atoms. The van der Waals surface area contributed by atoms with Crippen LogP contribution < -0.4 is 16.0 Å². The molecule has 2 aromatic heterocycles. The number of carbonyl (C=O) groups is 1. The van der Waals surface area contributed by atoms with Crippen molar-refractivity contribution in [2.45, 2.75) is 39.2 Å². The number of rotatable bonds is 7. The highest BCUT2D eigenvalue weighted by molar-refractivity contribution is 5.84. The molecule has 156 valence electrons. The Balaban J connectivity index is 2.30. The van der Waals surface area contributed by atoms with E-state index in [1.54, 1.807) is 25.2 Å². The van der Waals surface area contributed by atoms with Gasteiger partial charge in [0.1, 0.15) is 0 Å². The lowest BCUT2D eigenvalue weighted by atomic mass is 10.1. The topological polar surface area (TPSA) is 77.1 Å². The molecule has 0 amide bonds. The van der Waals surface area contributed by atoms with E-state index in [9.17, 15) is 14.7 Å². The van der Waals surface area contributed by atoms with Crippen LogP contribution in [-0.4, -0.2) is 25.4 Å². The van der Waals surface area contributed by atoms with E-state index in [2.05, 4.69) is 34.6 Å². The SMILES string of the molecule is C=C/C=c1/c(Cc2cn(C)c3ccccc23)nn(C(CCC)C(=O)O)c(=O)/c1=C/C. The van der Waals surface area contributed by atoms with E-state index in [-0.39, 0.29) is 0 Å². The van der Waals surface area contributed by atoms with E-state index >= 15 is 0 Å². The van der Waals surface area contributed by atoms with Crippen LogP contribution in [0.25, 0.3) is 23.1 Å². The van der Waals surface area contributed by atoms with Crippen LogP contribution in [0.1, 0.15) is 44.0 Å². The van der Waals surface area contributed by atoms with Gasteiger partial charge in [-0.05, 0) is 25.0 Å². The molecule has 1 atom stereocenters. The predicted octanol–water partition coefficient (Wildman–Crippen LogP) is 2.52. The minimum atomic E-state index is -1.05. The Morgan fingerprint density at radius 2 is 2.03 bits per heavy atom. The smallest absolute Gasteiger partial charge is 0.328 e. The third-order valence-electron chi connectivity index (χ3n) is 5.32. The quantitative estimate of drug-likeness (QED) is 0.655. The molecule has 0 radical (unpaired) electrons. The number of carboxylic acid groups (broad SMARTS) is 1. The van der Waals surface area contributed by atoms with E-state index < -0.39 is 17.6 Å². The van der Waals surface area contributed by atoms with Crippen LogP contribution in [0.3, 0.4) is 0 Å². The normalized spacial score (nSPS) is 13.7. The van der Waals surface area contributed by atoms with Crippen LogP contribution in [0.5, 0.6) is 0 Å². The first kappa shape index (κ1) is 21.3. The Labute approximate surface area is 175 Å². The fourth-order valence-corrected chi connectivity index (χ4v) is 3.92. The number of aliphatic carboxylic acids is 1. The zero-order chi connectivity index (χ0) is 21.8. The summed E-state index contributed by atoms with van der Waals surface area (Å²) in [4.78, 5) is 24.9. The van der Waals surface area contributed by atoms with Crippen molar-refractivity contribution >= 4 is 29.0 Å². The van der Waals surface area contributed by atoms with E-state index in [1.165, 1.54) is 0 Å². The molecule has 1 unspecified atom stereocenters. The average molecular weight is 405 g/mol. The third kappa shape index (κ3) is 3.85. The number of carboxylic acids is 1. The van der Waals surface area contributed by atoms with E-state index in [0.717, 1.165) is 21.1 Å². The first-order valence-electron chi connectivity index (χ1n) is 10.1. The number of aromatic nitrogens is 3. The van der Waals surface area contributed by atoms with Gasteiger partial charge in [-0.3, -0.25) is 4.79 Å². The molecule has 1 N–H and O–H groups in total. The fourth-order valence-electron chi connectivity index (χ4n) is 3.92. The Hall–Kier alpha value is -3.41. The molecule has 0 aliphatic heterocycles. The highest BCUT2D eigenvalue weighted by Gasteiger charge is 2.23. The number of allylic oxidation sites excluding steroid dienone is 1. The molecule has 0 fully saturated rings. The van der Waals surface area contributed by atoms with Gasteiger partial charge in [-0.15, -0.1) is 0 Å². The van der Waals surface area contributed by atoms with Gasteiger partial charge in [-0.2, -0.15) is 5.10 Å². The summed E-state index contributed by atoms with van der Waals surface area (Å²) in [5.41, 5.74) is 2.43. The zero-order valence-corrected chi connectivity index (χ0v) is 17.6. The van der Waals surface area contributed by atoms with Gasteiger partial charge in [0.2, 0.25) is 0 Å². The predicted molar refractivity (Wildman–Crippen MR) is 120 cm³/mol. The molecule has 1 aromatic carbocycles. The maximum atomic E-state index is 13.1. The highest BCUT2D eigenvalue weighted by atomic mass is 16.4. The average Bonchev–Trinajstić information content (AvgIpc) is 3.04. The summed E-state index contributed by atoms with van der Waals surface area (Å²) in [7, 11) is 1.99. The first-order chi connectivity index (χ1) is 14.4. The molecular weight excluding hydrogens is 378 g/mol. The monoisotopic (exact) mass is 405 g/mol. The van der Waals surface area contributed by atoms with Crippen molar-refractivity contribution in [3.05, 3.63) is 75.2 Å². The zero-order valence-electron chi connectivity index (χ0n) is 17.6. The van der Waals surface area contributed by atoms with Gasteiger partial charge in [0.05, 0.1) is 5.69 Å². The minimum absolute atomic E-state index is 0.337. The number of para-hydroxylation sites is 1. The number of fused-ring (bicyclic) bond motifs is 1. The Bertz CT molecular complexity index is 1280. The molecule has 3 rings (SSSR count). The van der Waals surface area contributed by atoms with Crippen LogP contribution in [0.15, 0.2) is 47.9 Å². The molecule has 0 bridgehead atoms. The van der Waals surface area contributed by atoms with E-state index in [4.69, 9.17) is 0 Å². The molecule has 2 heterocycles. The van der Waals surface area contributed by atoms with Crippen molar-refractivity contribution in [2.24, 2.45) is 7.05 Å². The van der Waals surface area contributed by atoms with Crippen LogP contribution >= 0.6 is 0 Å². The maximum absolute atomic E-state index is 13.1. The standard InChI is InChI=1S/C24H27N3O3/c1-5-10-19-17(7-3)23(28)27(22(11-6-2)24(29)30)25-20(19)14-16-15-26(4)21-13-9-8-12-18(16)21/h5,7-10,12-13,15,22H,1,6,11,14H2,2-4H3,(H,29,30)/b17-7+,19-10+. The number of hydrogen-bond donors (Lipinski definition) is 1. The summed E-state index contributed by atoms with van der Waals surface area (Å²) in [6, 6.07) is 7.10. The molecule has 0 saturated heterocycles. The molecular formula is C24H27N3O3. The Kier molecular flexibility index (Phi) is 6.35. The number of hydrogen-bond acceptors (Lipinski definition) is 3. The van der Waals surface area contributed by atoms with Gasteiger partial charge >= 0.3 is 5.97 Å². The number of aryl methyl sites for hydroxylation is 1. The maximum Gasteiger partial charge on any atom is 0.328 e. The van der Waals surface area contributed by atoms with Gasteiger partial charge in [0.15, 0.2) is 6.04 Å². The van der Waals surface area contributed by atoms with Crippen LogP contribution in [0.2, 0.25) is 0 Å². The summed E-state index contributed by atoms with van der Waals surface area (Å²) in [5.74, 6) is -1.05. The van der Waals surface area contributed by atoms with Gasteiger partial charge in [0, 0.05) is 41.0 Å². The summed E-state index contributed by atoms with van der Waals surface area (Å²) < 4.78 is 3.20. The molecule has 0 saturated carbocycles. The van der Waals surface area contributed by atoms with E-state index in [1.807, 2.05) is 26.1 Å². The van der Waals surface area contributed by atoms with Gasteiger partial charge < -0.3 is 9.67 Å². The molecule has 0 spiro atoms. The second-order valence-electron chi connectivity index (χ2n) is 7.32. The van der Waals surface area contributed by atoms with Crippen molar-refractivity contribution in [1.29, 1.82) is 0 Å². The highest BCUT2D eigenvalue weighted by Crippen LogP contribution is 2.21. The van der Waals surface area contributed by atoms with Gasteiger partial charge in [0.25, 0.3) is 5.56 Å². The van der Waals surface area contributed by atoms with Gasteiger partial charge in [-0.25, -0.2) is 9.48 Å². The molecule has 3 aromatic rings. The lowest BCUT2D eigenvalue weighted by Gasteiger charge is -2.15. The summed E-state index contributed by atoms with van der Waals surface area (Å²) in [6.07, 6.45) is 8.60. The summed E-state index contributed by atoms with van der Waals surface area (Å²) >= 11 is 0. The van der Waals surface area contributed by atoms with Crippen LogP contribution in [0.4, 0.5) is 0 Å². The van der Waals surface area contributed by atoms with Crippen molar-refractivity contribution in [3.8, 4) is 0 Å². The lowest BCUT2D eigenvalue weighted by Crippen LogP contribution is -2.50. The van der Waals surface area contributed by atoms with Crippen molar-refractivity contribution in [2.75, 3.05) is 0 Å². The second kappa shape index (κ2) is 8.95. The molecule has 0 aliphatic carbocycles. The summed E-state index contributed by atoms with van der Waals surface area (Å²) in [6.45, 7) is 7.44. The number of nitrogens with zero attached hydrogens (tertiary/aromatic N) is 3. The molecule has 6 heteroatoms. The third-order valence-corrected chi connectivity index (χ3v) is 5.32. The van der Waals surface area contributed by atoms with Crippen molar-refractivity contribution in [3.63, 3.8) is 0 Å². The number of benzene rings is 1. The Morgan fingerprint density at radius 1 is 1.30 bits per heavy atom.